The molecule has 4 amide bonds. The predicted molar refractivity (Wildman–Crippen MR) is 92.6 cm³/mol. The number of fused-ring (bicyclic) bond motifs is 1. The van der Waals surface area contributed by atoms with E-state index in [1.807, 2.05) is 0 Å². The van der Waals surface area contributed by atoms with Gasteiger partial charge in [0, 0.05) is 13.0 Å². The number of benzene rings is 1. The van der Waals surface area contributed by atoms with Gasteiger partial charge in [-0.2, -0.15) is 0 Å². The molecular formula is C16H19N3O7S. The van der Waals surface area contributed by atoms with E-state index >= 15 is 0 Å². The Bertz CT molecular complexity index is 915. The van der Waals surface area contributed by atoms with Crippen LogP contribution >= 0.6 is 0 Å². The first-order chi connectivity index (χ1) is 12.6. The van der Waals surface area contributed by atoms with Crippen LogP contribution in [0.3, 0.4) is 0 Å². The summed E-state index contributed by atoms with van der Waals surface area (Å²) in [4.78, 5) is 36.7. The molecule has 0 spiro atoms. The number of ether oxygens (including phenoxy) is 2. The number of nitrogens with two attached hydrogens (primary N) is 1. The smallest absolute Gasteiger partial charge is 0.325 e. The second kappa shape index (κ2) is 6.72. The van der Waals surface area contributed by atoms with Gasteiger partial charge in [-0.15, -0.1) is 0 Å². The van der Waals surface area contributed by atoms with Gasteiger partial charge in [0.15, 0.2) is 21.3 Å². The molecule has 0 aromatic heterocycles. The molecule has 0 radical (unpaired) electrons. The minimum atomic E-state index is -3.63. The van der Waals surface area contributed by atoms with Crippen LogP contribution in [0.4, 0.5) is 4.79 Å². The predicted octanol–water partition coefficient (Wildman–Crippen LogP) is -0.527. The fourth-order valence-corrected chi connectivity index (χ4v) is 4.07. The Balaban J connectivity index is 1.74. The fraction of sp³-hybridized carbons (Fsp3) is 0.438. The van der Waals surface area contributed by atoms with Crippen molar-refractivity contribution in [1.29, 1.82) is 0 Å². The Hall–Kier alpha value is -2.82. The van der Waals surface area contributed by atoms with Gasteiger partial charge in [0.05, 0.1) is 11.5 Å². The first kappa shape index (κ1) is 19.0. The lowest BCUT2D eigenvalue weighted by atomic mass is 9.91. The van der Waals surface area contributed by atoms with Gasteiger partial charge in [0.1, 0.15) is 5.54 Å². The molecule has 0 saturated carbocycles. The number of urea groups is 1. The number of sulfone groups is 1. The molecule has 3 rings (SSSR count). The van der Waals surface area contributed by atoms with Crippen molar-refractivity contribution in [1.82, 2.24) is 10.2 Å². The van der Waals surface area contributed by atoms with Crippen LogP contribution in [0.25, 0.3) is 0 Å². The molecule has 1 aromatic carbocycles. The SMILES string of the molecule is C[C@]1(c2ccc3c(c2)OCO3)NC(=O)N(CCS(=O)(=O)CCC(N)=O)C1=O. The van der Waals surface area contributed by atoms with Crippen molar-refractivity contribution < 1.29 is 32.3 Å². The second-order valence-corrected chi connectivity index (χ2v) is 8.75. The van der Waals surface area contributed by atoms with Crippen LogP contribution in [-0.4, -0.2) is 56.0 Å². The lowest BCUT2D eigenvalue weighted by molar-refractivity contribution is -0.130. The number of hydrogen-bond acceptors (Lipinski definition) is 7. The molecule has 1 saturated heterocycles. The first-order valence-electron chi connectivity index (χ1n) is 8.15. The Morgan fingerprint density at radius 2 is 1.96 bits per heavy atom. The standard InChI is InChI=1S/C16H19N3O7S/c1-16(10-2-3-11-12(8-10)26-9-25-11)14(21)19(15(22)18-16)5-7-27(23,24)6-4-13(17)20/h2-3,8H,4-7,9H2,1H3,(H2,17,20)(H,18,22)/t16-/m1/s1. The third-order valence-electron chi connectivity index (χ3n) is 4.51. The minimum Gasteiger partial charge on any atom is -0.454 e. The summed E-state index contributed by atoms with van der Waals surface area (Å²) in [7, 11) is -3.63. The van der Waals surface area contributed by atoms with Crippen LogP contribution in [0.1, 0.15) is 18.9 Å². The quantitative estimate of drug-likeness (QED) is 0.588. The van der Waals surface area contributed by atoms with E-state index in [1.165, 1.54) is 6.92 Å². The van der Waals surface area contributed by atoms with Crippen molar-refractivity contribution in [3.05, 3.63) is 23.8 Å². The molecule has 27 heavy (non-hydrogen) atoms. The average Bonchev–Trinajstić information content (AvgIpc) is 3.15. The first-order valence-corrected chi connectivity index (χ1v) is 9.97. The molecule has 2 aliphatic rings. The van der Waals surface area contributed by atoms with E-state index in [0.29, 0.717) is 17.1 Å². The monoisotopic (exact) mass is 397 g/mol. The third-order valence-corrected chi connectivity index (χ3v) is 6.14. The molecule has 1 atom stereocenters. The van der Waals surface area contributed by atoms with Crippen molar-refractivity contribution in [3.63, 3.8) is 0 Å². The fourth-order valence-electron chi connectivity index (χ4n) is 2.89. The van der Waals surface area contributed by atoms with Gasteiger partial charge >= 0.3 is 6.03 Å². The minimum absolute atomic E-state index is 0.0745. The lowest BCUT2D eigenvalue weighted by Gasteiger charge is -2.22. The van der Waals surface area contributed by atoms with Gasteiger partial charge in [-0.05, 0) is 24.6 Å². The molecule has 2 heterocycles. The summed E-state index contributed by atoms with van der Waals surface area (Å²) >= 11 is 0. The zero-order chi connectivity index (χ0) is 19.8. The second-order valence-electron chi connectivity index (χ2n) is 6.45. The van der Waals surface area contributed by atoms with Crippen LogP contribution in [0, 0.1) is 0 Å². The van der Waals surface area contributed by atoms with E-state index in [4.69, 9.17) is 15.2 Å². The highest BCUT2D eigenvalue weighted by Gasteiger charge is 2.49. The van der Waals surface area contributed by atoms with Crippen LogP contribution in [0.15, 0.2) is 18.2 Å². The highest BCUT2D eigenvalue weighted by molar-refractivity contribution is 7.91. The van der Waals surface area contributed by atoms with Crippen molar-refractivity contribution >= 4 is 27.7 Å². The summed E-state index contributed by atoms with van der Waals surface area (Å²) < 4.78 is 34.4. The largest absolute Gasteiger partial charge is 0.454 e. The van der Waals surface area contributed by atoms with Gasteiger partial charge in [-0.1, -0.05) is 6.07 Å². The normalized spacial score (nSPS) is 21.4. The summed E-state index contributed by atoms with van der Waals surface area (Å²) in [5, 5.41) is 2.60. The Morgan fingerprint density at radius 3 is 2.67 bits per heavy atom. The summed E-state index contributed by atoms with van der Waals surface area (Å²) in [6, 6.07) is 4.19. The van der Waals surface area contributed by atoms with E-state index in [-0.39, 0.29) is 19.8 Å². The number of rotatable bonds is 7. The molecule has 0 bridgehead atoms. The Kier molecular flexibility index (Phi) is 4.72. The van der Waals surface area contributed by atoms with Crippen molar-refractivity contribution in [2.75, 3.05) is 24.8 Å². The van der Waals surface area contributed by atoms with E-state index in [0.717, 1.165) is 4.90 Å². The molecule has 0 aliphatic carbocycles. The highest BCUT2D eigenvalue weighted by Crippen LogP contribution is 2.37. The number of hydrogen-bond donors (Lipinski definition) is 2. The third kappa shape index (κ3) is 3.68. The molecule has 0 unspecified atom stereocenters. The maximum atomic E-state index is 12.8. The van der Waals surface area contributed by atoms with Gasteiger partial charge in [-0.25, -0.2) is 13.2 Å². The molecule has 2 aliphatic heterocycles. The maximum absolute atomic E-state index is 12.8. The molecule has 146 valence electrons. The van der Waals surface area contributed by atoms with Gasteiger partial charge in [-0.3, -0.25) is 14.5 Å². The Morgan fingerprint density at radius 1 is 1.26 bits per heavy atom. The maximum Gasteiger partial charge on any atom is 0.325 e. The topological polar surface area (TPSA) is 145 Å². The summed E-state index contributed by atoms with van der Waals surface area (Å²) in [5.74, 6) is -1.18. The highest BCUT2D eigenvalue weighted by atomic mass is 32.2. The van der Waals surface area contributed by atoms with Crippen molar-refractivity contribution in [3.8, 4) is 11.5 Å². The number of nitrogens with one attached hydrogen (secondary N) is 1. The number of nitrogens with zero attached hydrogens (tertiary/aromatic N) is 1. The van der Waals surface area contributed by atoms with Gasteiger partial charge in [0.2, 0.25) is 12.7 Å². The van der Waals surface area contributed by atoms with Crippen molar-refractivity contribution in [2.45, 2.75) is 18.9 Å². The molecule has 1 fully saturated rings. The molecule has 3 N–H and O–H groups in total. The Labute approximate surface area is 155 Å². The zero-order valence-corrected chi connectivity index (χ0v) is 15.4. The van der Waals surface area contributed by atoms with Crippen molar-refractivity contribution in [2.24, 2.45) is 5.73 Å². The van der Waals surface area contributed by atoms with Crippen LogP contribution in [-0.2, 0) is 25.0 Å². The zero-order valence-electron chi connectivity index (χ0n) is 14.6. The number of primary amides is 1. The number of carbonyl (C=O) groups is 3. The number of imide groups is 1. The van der Waals surface area contributed by atoms with Crippen LogP contribution in [0.5, 0.6) is 11.5 Å². The van der Waals surface area contributed by atoms with E-state index in [1.54, 1.807) is 18.2 Å². The number of amides is 4. The lowest BCUT2D eigenvalue weighted by Crippen LogP contribution is -2.41. The van der Waals surface area contributed by atoms with E-state index in [2.05, 4.69) is 5.32 Å². The molecular weight excluding hydrogens is 378 g/mol. The van der Waals surface area contributed by atoms with Gasteiger partial charge in [0.25, 0.3) is 5.91 Å². The van der Waals surface area contributed by atoms with Crippen LogP contribution in [0.2, 0.25) is 0 Å². The van der Waals surface area contributed by atoms with Crippen LogP contribution < -0.4 is 20.5 Å². The summed E-state index contributed by atoms with van der Waals surface area (Å²) in [6.07, 6.45) is -0.308. The summed E-state index contributed by atoms with van der Waals surface area (Å²) in [5.41, 5.74) is 4.09. The molecule has 1 aromatic rings. The average molecular weight is 397 g/mol. The van der Waals surface area contributed by atoms with E-state index < -0.39 is 44.7 Å². The van der Waals surface area contributed by atoms with E-state index in [9.17, 15) is 22.8 Å². The van der Waals surface area contributed by atoms with Gasteiger partial charge < -0.3 is 20.5 Å². The molecule has 11 heteroatoms. The molecule has 10 nitrogen and oxygen atoms in total. The summed E-state index contributed by atoms with van der Waals surface area (Å²) in [6.45, 7) is 1.29. The number of carbonyl (C=O) groups excluding carboxylic acids is 3.